The molecule has 0 amide bonds. The number of hydrogen-bond donors (Lipinski definition) is 0. The highest BCUT2D eigenvalue weighted by molar-refractivity contribution is 6.07. The van der Waals surface area contributed by atoms with Crippen molar-refractivity contribution in [1.29, 1.82) is 0 Å². The fraction of sp³-hybridized carbons (Fsp3) is 0.240. The van der Waals surface area contributed by atoms with E-state index in [4.69, 9.17) is 5.10 Å². The lowest BCUT2D eigenvalue weighted by Gasteiger charge is -2.27. The van der Waals surface area contributed by atoms with Gasteiger partial charge in [-0.2, -0.15) is 5.10 Å². The van der Waals surface area contributed by atoms with E-state index in [1.807, 2.05) is 53.3 Å². The Hall–Kier alpha value is -3.27. The van der Waals surface area contributed by atoms with Gasteiger partial charge in [0.1, 0.15) is 0 Å². The van der Waals surface area contributed by atoms with Crippen molar-refractivity contribution in [1.82, 2.24) is 14.8 Å². The van der Waals surface area contributed by atoms with Crippen molar-refractivity contribution in [2.45, 2.75) is 33.2 Å². The summed E-state index contributed by atoms with van der Waals surface area (Å²) in [4.78, 5) is 17.7. The summed E-state index contributed by atoms with van der Waals surface area (Å²) in [5.41, 5.74) is 5.67. The monoisotopic (exact) mass is 381 g/mol. The fourth-order valence-electron chi connectivity index (χ4n) is 4.41. The van der Waals surface area contributed by atoms with Crippen molar-refractivity contribution in [2.24, 2.45) is 5.41 Å². The van der Waals surface area contributed by atoms with Crippen molar-refractivity contribution >= 4 is 16.7 Å². The van der Waals surface area contributed by atoms with E-state index < -0.39 is 0 Å². The lowest BCUT2D eigenvalue weighted by atomic mass is 9.75. The topological polar surface area (TPSA) is 47.8 Å². The lowest BCUT2D eigenvalue weighted by Crippen LogP contribution is -2.26. The molecule has 0 saturated heterocycles. The van der Waals surface area contributed by atoms with Crippen molar-refractivity contribution in [3.05, 3.63) is 83.7 Å². The summed E-state index contributed by atoms with van der Waals surface area (Å²) in [6, 6.07) is 20.4. The minimum absolute atomic E-state index is 0.0619. The molecule has 0 saturated carbocycles. The van der Waals surface area contributed by atoms with E-state index in [0.29, 0.717) is 13.0 Å². The summed E-state index contributed by atoms with van der Waals surface area (Å²) in [5.74, 6) is 0.187. The molecule has 4 nitrogen and oxygen atoms in total. The van der Waals surface area contributed by atoms with Crippen LogP contribution in [0.2, 0.25) is 0 Å². The standard InChI is InChI=1S/C25H23N3O/c1-25(2)14-21-23(22(29)15-25)24(28(27-21)16-17-8-4-3-5-9-17)19-12-13-26-20-11-7-6-10-18(19)20/h3-13H,14-16H2,1-2H3. The van der Waals surface area contributed by atoms with Gasteiger partial charge >= 0.3 is 0 Å². The highest BCUT2D eigenvalue weighted by Gasteiger charge is 2.36. The number of fused-ring (bicyclic) bond motifs is 2. The van der Waals surface area contributed by atoms with Gasteiger partial charge in [-0.25, -0.2) is 0 Å². The average molecular weight is 381 g/mol. The normalized spacial score (nSPS) is 15.4. The van der Waals surface area contributed by atoms with Crippen molar-refractivity contribution in [3.8, 4) is 11.3 Å². The summed E-state index contributed by atoms with van der Waals surface area (Å²) in [7, 11) is 0. The number of carbonyl (C=O) groups is 1. The van der Waals surface area contributed by atoms with E-state index in [2.05, 4.69) is 37.0 Å². The first kappa shape index (κ1) is 17.8. The molecule has 0 bridgehead atoms. The van der Waals surface area contributed by atoms with E-state index in [1.165, 1.54) is 5.56 Å². The van der Waals surface area contributed by atoms with Crippen LogP contribution in [-0.4, -0.2) is 20.5 Å². The van der Waals surface area contributed by atoms with Gasteiger partial charge in [0.2, 0.25) is 0 Å². The van der Waals surface area contributed by atoms with Crippen LogP contribution in [-0.2, 0) is 13.0 Å². The first-order valence-electron chi connectivity index (χ1n) is 10.0. The van der Waals surface area contributed by atoms with Crippen LogP contribution in [0.4, 0.5) is 0 Å². The molecule has 144 valence electrons. The number of Topliss-reactive ketones (excluding diaryl/α,β-unsaturated/α-hetero) is 1. The number of rotatable bonds is 3. The molecular weight excluding hydrogens is 358 g/mol. The van der Waals surface area contributed by atoms with Crippen LogP contribution in [0.3, 0.4) is 0 Å². The molecule has 0 aliphatic heterocycles. The summed E-state index contributed by atoms with van der Waals surface area (Å²) in [6.45, 7) is 4.92. The van der Waals surface area contributed by atoms with Gasteiger partial charge in [-0.05, 0) is 29.5 Å². The number of hydrogen-bond acceptors (Lipinski definition) is 3. The third-order valence-electron chi connectivity index (χ3n) is 5.67. The SMILES string of the molecule is CC1(C)CC(=O)c2c(nn(Cc3ccccc3)c2-c2ccnc3ccccc23)C1. The van der Waals surface area contributed by atoms with Crippen molar-refractivity contribution < 1.29 is 4.79 Å². The summed E-state index contributed by atoms with van der Waals surface area (Å²) in [5, 5.41) is 6.00. The number of aromatic nitrogens is 3. The van der Waals surface area contributed by atoms with E-state index in [9.17, 15) is 4.79 Å². The summed E-state index contributed by atoms with van der Waals surface area (Å²) in [6.07, 6.45) is 3.18. The van der Waals surface area contributed by atoms with Crippen LogP contribution in [0.15, 0.2) is 66.9 Å². The number of pyridine rings is 1. The zero-order valence-corrected chi connectivity index (χ0v) is 16.7. The van der Waals surface area contributed by atoms with Gasteiger partial charge in [0.15, 0.2) is 5.78 Å². The maximum Gasteiger partial charge on any atom is 0.167 e. The lowest BCUT2D eigenvalue weighted by molar-refractivity contribution is 0.0912. The van der Waals surface area contributed by atoms with E-state index >= 15 is 0 Å². The summed E-state index contributed by atoms with van der Waals surface area (Å²) >= 11 is 0. The van der Waals surface area contributed by atoms with Crippen molar-refractivity contribution in [3.63, 3.8) is 0 Å². The molecular formula is C25H23N3O. The minimum atomic E-state index is -0.0619. The number of nitrogens with zero attached hydrogens (tertiary/aromatic N) is 3. The van der Waals surface area contributed by atoms with Crippen molar-refractivity contribution in [2.75, 3.05) is 0 Å². The molecule has 0 N–H and O–H groups in total. The summed E-state index contributed by atoms with van der Waals surface area (Å²) < 4.78 is 2.01. The van der Waals surface area contributed by atoms with Crippen LogP contribution in [0.5, 0.6) is 0 Å². The molecule has 2 aromatic heterocycles. The number of carbonyl (C=O) groups excluding carboxylic acids is 1. The molecule has 1 aliphatic carbocycles. The third kappa shape index (κ3) is 3.15. The second kappa shape index (κ2) is 6.66. The molecule has 4 heteroatoms. The van der Waals surface area contributed by atoms with Crippen LogP contribution in [0, 0.1) is 5.41 Å². The van der Waals surface area contributed by atoms with Crippen LogP contribution < -0.4 is 0 Å². The smallest absolute Gasteiger partial charge is 0.167 e. The number of ketones is 1. The molecule has 0 radical (unpaired) electrons. The molecule has 0 atom stereocenters. The fourth-order valence-corrected chi connectivity index (χ4v) is 4.41. The van der Waals surface area contributed by atoms with Crippen LogP contribution >= 0.6 is 0 Å². The molecule has 0 fully saturated rings. The van der Waals surface area contributed by atoms with Gasteiger partial charge in [-0.1, -0.05) is 62.4 Å². The first-order valence-corrected chi connectivity index (χ1v) is 10.0. The highest BCUT2D eigenvalue weighted by atomic mass is 16.1. The molecule has 2 heterocycles. The van der Waals surface area contributed by atoms with Crippen LogP contribution in [0.25, 0.3) is 22.2 Å². The Balaban J connectivity index is 1.77. The highest BCUT2D eigenvalue weighted by Crippen LogP contribution is 2.40. The Morgan fingerprint density at radius 2 is 1.72 bits per heavy atom. The second-order valence-corrected chi connectivity index (χ2v) is 8.63. The van der Waals surface area contributed by atoms with Gasteiger partial charge in [0.05, 0.1) is 29.0 Å². The van der Waals surface area contributed by atoms with E-state index in [0.717, 1.165) is 39.8 Å². The zero-order valence-electron chi connectivity index (χ0n) is 16.7. The number of para-hydroxylation sites is 1. The van der Waals surface area contributed by atoms with Crippen LogP contribution in [0.1, 0.15) is 41.9 Å². The first-order chi connectivity index (χ1) is 14.0. The molecule has 5 rings (SSSR count). The minimum Gasteiger partial charge on any atom is -0.294 e. The van der Waals surface area contributed by atoms with Gasteiger partial charge < -0.3 is 0 Å². The average Bonchev–Trinajstić information content (AvgIpc) is 3.05. The molecule has 4 aromatic rings. The molecule has 29 heavy (non-hydrogen) atoms. The van der Waals surface area contributed by atoms with Gasteiger partial charge in [-0.15, -0.1) is 0 Å². The number of benzene rings is 2. The van der Waals surface area contributed by atoms with Gasteiger partial charge in [0, 0.05) is 23.6 Å². The predicted octanol–water partition coefficient (Wildman–Crippen LogP) is 5.30. The second-order valence-electron chi connectivity index (χ2n) is 8.63. The Bertz CT molecular complexity index is 1220. The quantitative estimate of drug-likeness (QED) is 0.484. The van der Waals surface area contributed by atoms with Gasteiger partial charge in [0.25, 0.3) is 0 Å². The Morgan fingerprint density at radius 3 is 2.55 bits per heavy atom. The van der Waals surface area contributed by atoms with E-state index in [-0.39, 0.29) is 11.2 Å². The maximum atomic E-state index is 13.2. The maximum absolute atomic E-state index is 13.2. The molecule has 2 aromatic carbocycles. The predicted molar refractivity (Wildman–Crippen MR) is 115 cm³/mol. The van der Waals surface area contributed by atoms with E-state index in [1.54, 1.807) is 0 Å². The molecule has 0 spiro atoms. The van der Waals surface area contributed by atoms with Gasteiger partial charge in [-0.3, -0.25) is 14.5 Å². The Morgan fingerprint density at radius 1 is 0.966 bits per heavy atom. The molecule has 0 unspecified atom stereocenters. The third-order valence-corrected chi connectivity index (χ3v) is 5.67. The Labute approximate surface area is 170 Å². The zero-order chi connectivity index (χ0) is 20.0. The molecule has 1 aliphatic rings. The Kier molecular flexibility index (Phi) is 4.09. The largest absolute Gasteiger partial charge is 0.294 e.